The molecule has 10 heteroatoms. The summed E-state index contributed by atoms with van der Waals surface area (Å²) in [5.74, 6) is -1.45. The van der Waals surface area contributed by atoms with Gasteiger partial charge in [-0.3, -0.25) is 14.9 Å². The molecule has 28 heavy (non-hydrogen) atoms. The highest BCUT2D eigenvalue weighted by Gasteiger charge is 2.20. The largest absolute Gasteiger partial charge is 0.450 e. The van der Waals surface area contributed by atoms with E-state index in [1.165, 1.54) is 12.1 Å². The van der Waals surface area contributed by atoms with Crippen LogP contribution in [-0.2, 0) is 9.53 Å². The Kier molecular flexibility index (Phi) is 5.66. The van der Waals surface area contributed by atoms with Crippen LogP contribution in [0.15, 0.2) is 45.3 Å². The quantitative estimate of drug-likeness (QED) is 0.326. The summed E-state index contributed by atoms with van der Waals surface area (Å²) in [6.07, 6.45) is 0. The van der Waals surface area contributed by atoms with Gasteiger partial charge in [0.1, 0.15) is 10.6 Å². The van der Waals surface area contributed by atoms with Crippen LogP contribution in [0.2, 0.25) is 5.02 Å². The van der Waals surface area contributed by atoms with Gasteiger partial charge in [0, 0.05) is 27.2 Å². The van der Waals surface area contributed by atoms with Crippen LogP contribution in [0.1, 0.15) is 16.1 Å². The fourth-order valence-corrected chi connectivity index (χ4v) is 3.06. The van der Waals surface area contributed by atoms with E-state index in [0.29, 0.717) is 11.1 Å². The van der Waals surface area contributed by atoms with Crippen LogP contribution in [0, 0.1) is 17.0 Å². The molecule has 0 saturated heterocycles. The molecule has 1 heterocycles. The molecule has 1 amide bonds. The molecule has 0 aliphatic rings. The van der Waals surface area contributed by atoms with Gasteiger partial charge in [-0.1, -0.05) is 27.5 Å². The third kappa shape index (κ3) is 4.15. The maximum absolute atomic E-state index is 12.3. The molecule has 0 fully saturated rings. The molecule has 2 aromatic carbocycles. The van der Waals surface area contributed by atoms with Gasteiger partial charge < -0.3 is 14.5 Å². The van der Waals surface area contributed by atoms with Crippen LogP contribution in [0.25, 0.3) is 11.0 Å². The van der Waals surface area contributed by atoms with Crippen LogP contribution >= 0.6 is 27.5 Å². The van der Waals surface area contributed by atoms with Crippen molar-refractivity contribution in [1.29, 1.82) is 0 Å². The van der Waals surface area contributed by atoms with Gasteiger partial charge in [0.05, 0.1) is 4.92 Å². The Morgan fingerprint density at radius 3 is 2.75 bits per heavy atom. The van der Waals surface area contributed by atoms with E-state index in [-0.39, 0.29) is 22.2 Å². The lowest BCUT2D eigenvalue weighted by atomic mass is 10.1. The average Bonchev–Trinajstić information content (AvgIpc) is 2.97. The minimum Gasteiger partial charge on any atom is -0.450 e. The number of benzene rings is 2. The number of aryl methyl sites for hydroxylation is 1. The topological polar surface area (TPSA) is 112 Å². The molecule has 3 aromatic rings. The predicted molar refractivity (Wildman–Crippen MR) is 106 cm³/mol. The van der Waals surface area contributed by atoms with E-state index in [0.717, 1.165) is 15.9 Å². The number of esters is 1. The van der Waals surface area contributed by atoms with Crippen molar-refractivity contribution in [3.05, 3.63) is 67.3 Å². The molecular formula is C18H12BrClN2O6. The number of nitrogens with zero attached hydrogens (tertiary/aromatic N) is 1. The van der Waals surface area contributed by atoms with Gasteiger partial charge in [-0.15, -0.1) is 0 Å². The van der Waals surface area contributed by atoms with Gasteiger partial charge in [0.2, 0.25) is 5.76 Å². The SMILES string of the molecule is Cc1c(C(=O)OCC(=O)Nc2ccc(Cl)c([N+](=O)[O-])c2)oc2ccc(Br)cc12. The fourth-order valence-electron chi connectivity index (χ4n) is 2.51. The third-order valence-electron chi connectivity index (χ3n) is 3.84. The summed E-state index contributed by atoms with van der Waals surface area (Å²) in [4.78, 5) is 34.5. The zero-order valence-corrected chi connectivity index (χ0v) is 16.7. The Balaban J connectivity index is 1.66. The van der Waals surface area contributed by atoms with Gasteiger partial charge in [0.15, 0.2) is 6.61 Å². The number of carbonyl (C=O) groups is 2. The molecule has 144 valence electrons. The molecule has 1 aromatic heterocycles. The smallest absolute Gasteiger partial charge is 0.375 e. The maximum atomic E-state index is 12.3. The lowest BCUT2D eigenvalue weighted by Crippen LogP contribution is -2.21. The number of amides is 1. The number of nitro benzene ring substituents is 1. The molecule has 1 N–H and O–H groups in total. The second kappa shape index (κ2) is 7.99. The normalized spacial score (nSPS) is 10.7. The monoisotopic (exact) mass is 466 g/mol. The van der Waals surface area contributed by atoms with Gasteiger partial charge in [-0.25, -0.2) is 4.79 Å². The minimum atomic E-state index is -0.790. The second-order valence-electron chi connectivity index (χ2n) is 5.74. The Hall–Kier alpha value is -2.91. The number of furan rings is 1. The van der Waals surface area contributed by atoms with Crippen molar-refractivity contribution in [2.75, 3.05) is 11.9 Å². The molecule has 0 saturated carbocycles. The van der Waals surface area contributed by atoms with Crippen LogP contribution in [0.4, 0.5) is 11.4 Å². The Bertz CT molecular complexity index is 1110. The minimum absolute atomic E-state index is 0.00281. The van der Waals surface area contributed by atoms with Gasteiger partial charge in [-0.2, -0.15) is 0 Å². The standard InChI is InChI=1S/C18H12BrClN2O6/c1-9-12-6-10(19)2-5-15(12)28-17(9)18(24)27-8-16(23)21-11-3-4-13(20)14(7-11)22(25)26/h2-7H,8H2,1H3,(H,21,23). The fraction of sp³-hybridized carbons (Fsp3) is 0.111. The number of anilines is 1. The van der Waals surface area contributed by atoms with Crippen molar-refractivity contribution < 1.29 is 23.7 Å². The first-order valence-electron chi connectivity index (χ1n) is 7.86. The summed E-state index contributed by atoms with van der Waals surface area (Å²) >= 11 is 9.07. The second-order valence-corrected chi connectivity index (χ2v) is 7.07. The first-order valence-corrected chi connectivity index (χ1v) is 9.03. The number of rotatable bonds is 5. The molecule has 3 rings (SSSR count). The molecule has 0 radical (unpaired) electrons. The molecule has 0 spiro atoms. The highest BCUT2D eigenvalue weighted by molar-refractivity contribution is 9.10. The molecular weight excluding hydrogens is 456 g/mol. The predicted octanol–water partition coefficient (Wildman–Crippen LogP) is 4.86. The van der Waals surface area contributed by atoms with Crippen LogP contribution in [0.3, 0.4) is 0 Å². The number of halogens is 2. The molecule has 0 unspecified atom stereocenters. The molecule has 0 atom stereocenters. The molecule has 0 aliphatic carbocycles. The summed E-state index contributed by atoms with van der Waals surface area (Å²) in [5, 5.41) is 14.0. The zero-order valence-electron chi connectivity index (χ0n) is 14.3. The van der Waals surface area contributed by atoms with Crippen LogP contribution < -0.4 is 5.32 Å². The van der Waals surface area contributed by atoms with Crippen LogP contribution in [-0.4, -0.2) is 23.4 Å². The summed E-state index contributed by atoms with van der Waals surface area (Å²) < 4.78 is 11.3. The van der Waals surface area contributed by atoms with Crippen molar-refractivity contribution in [3.63, 3.8) is 0 Å². The van der Waals surface area contributed by atoms with Crippen LogP contribution in [0.5, 0.6) is 0 Å². The average molecular weight is 468 g/mol. The van der Waals surface area contributed by atoms with Crippen molar-refractivity contribution in [2.24, 2.45) is 0 Å². The van der Waals surface area contributed by atoms with Crippen molar-refractivity contribution in [3.8, 4) is 0 Å². The molecule has 8 nitrogen and oxygen atoms in total. The Labute approximate surface area is 171 Å². The van der Waals surface area contributed by atoms with E-state index in [1.54, 1.807) is 19.1 Å². The van der Waals surface area contributed by atoms with Gasteiger partial charge >= 0.3 is 5.97 Å². The van der Waals surface area contributed by atoms with Crippen molar-refractivity contribution in [1.82, 2.24) is 0 Å². The molecule has 0 bridgehead atoms. The van der Waals surface area contributed by atoms with Crippen molar-refractivity contribution in [2.45, 2.75) is 6.92 Å². The number of nitrogens with one attached hydrogen (secondary N) is 1. The lowest BCUT2D eigenvalue weighted by molar-refractivity contribution is -0.384. The van der Waals surface area contributed by atoms with E-state index in [4.69, 9.17) is 20.8 Å². The number of nitro groups is 1. The maximum Gasteiger partial charge on any atom is 0.375 e. The first-order chi connectivity index (χ1) is 13.3. The number of carbonyl (C=O) groups excluding carboxylic acids is 2. The van der Waals surface area contributed by atoms with E-state index < -0.39 is 23.4 Å². The Morgan fingerprint density at radius 1 is 1.29 bits per heavy atom. The summed E-state index contributed by atoms with van der Waals surface area (Å²) in [7, 11) is 0. The number of fused-ring (bicyclic) bond motifs is 1. The number of hydrogen-bond acceptors (Lipinski definition) is 6. The highest BCUT2D eigenvalue weighted by Crippen LogP contribution is 2.29. The first kappa shape index (κ1) is 19.8. The highest BCUT2D eigenvalue weighted by atomic mass is 79.9. The van der Waals surface area contributed by atoms with E-state index >= 15 is 0 Å². The summed E-state index contributed by atoms with van der Waals surface area (Å²) in [6, 6.07) is 9.10. The van der Waals surface area contributed by atoms with Gasteiger partial charge in [0.25, 0.3) is 11.6 Å². The number of hydrogen-bond donors (Lipinski definition) is 1. The summed E-state index contributed by atoms with van der Waals surface area (Å²) in [6.45, 7) is 1.12. The Morgan fingerprint density at radius 2 is 2.04 bits per heavy atom. The zero-order chi connectivity index (χ0) is 20.4. The number of ether oxygens (including phenoxy) is 1. The van der Waals surface area contributed by atoms with E-state index in [2.05, 4.69) is 21.2 Å². The third-order valence-corrected chi connectivity index (χ3v) is 4.66. The van der Waals surface area contributed by atoms with Gasteiger partial charge in [-0.05, 0) is 37.3 Å². The van der Waals surface area contributed by atoms with Crippen molar-refractivity contribution >= 4 is 61.8 Å². The van der Waals surface area contributed by atoms with E-state index in [9.17, 15) is 19.7 Å². The van der Waals surface area contributed by atoms with E-state index in [1.807, 2.05) is 6.07 Å². The lowest BCUT2D eigenvalue weighted by Gasteiger charge is -2.06. The summed E-state index contributed by atoms with van der Waals surface area (Å²) in [5.41, 5.74) is 0.919. The molecule has 0 aliphatic heterocycles.